The molecule has 1 aliphatic carbocycles. The molecule has 1 saturated heterocycles. The standard InChI is InChI=1S/C15H28N2O2/c1-2-8-15(9-5-10-16-11-15)14(19)17-12-6-3-4-7-13(12)18/h12-13,16,18H,2-11H2,1H3,(H,17,19)/t12-,13-,15?/m1/s1. The number of aliphatic hydroxyl groups is 1. The summed E-state index contributed by atoms with van der Waals surface area (Å²) in [7, 11) is 0. The second kappa shape index (κ2) is 6.71. The average Bonchev–Trinajstić information content (AvgIpc) is 2.42. The third kappa shape index (κ3) is 3.48. The number of amides is 1. The van der Waals surface area contributed by atoms with Gasteiger partial charge in [0, 0.05) is 6.54 Å². The number of carbonyl (C=O) groups is 1. The van der Waals surface area contributed by atoms with Crippen LogP contribution in [0.2, 0.25) is 0 Å². The van der Waals surface area contributed by atoms with Crippen LogP contribution in [-0.4, -0.2) is 36.2 Å². The maximum absolute atomic E-state index is 12.7. The first kappa shape index (κ1) is 14.8. The molecule has 19 heavy (non-hydrogen) atoms. The summed E-state index contributed by atoms with van der Waals surface area (Å²) < 4.78 is 0. The number of piperidine rings is 1. The lowest BCUT2D eigenvalue weighted by Gasteiger charge is -2.39. The van der Waals surface area contributed by atoms with Crippen molar-refractivity contribution in [2.75, 3.05) is 13.1 Å². The van der Waals surface area contributed by atoms with Crippen LogP contribution < -0.4 is 10.6 Å². The van der Waals surface area contributed by atoms with Gasteiger partial charge in [0.1, 0.15) is 0 Å². The summed E-state index contributed by atoms with van der Waals surface area (Å²) in [5.41, 5.74) is -0.246. The van der Waals surface area contributed by atoms with Crippen LogP contribution in [0.1, 0.15) is 58.3 Å². The monoisotopic (exact) mass is 268 g/mol. The van der Waals surface area contributed by atoms with E-state index in [1.54, 1.807) is 0 Å². The van der Waals surface area contributed by atoms with E-state index < -0.39 is 0 Å². The molecule has 1 unspecified atom stereocenters. The van der Waals surface area contributed by atoms with Crippen LogP contribution in [-0.2, 0) is 4.79 Å². The molecule has 0 spiro atoms. The molecule has 1 saturated carbocycles. The molecule has 0 aromatic rings. The summed E-state index contributed by atoms with van der Waals surface area (Å²) in [6.45, 7) is 3.94. The Hall–Kier alpha value is -0.610. The molecular formula is C15H28N2O2. The van der Waals surface area contributed by atoms with Crippen LogP contribution in [0.3, 0.4) is 0 Å². The maximum Gasteiger partial charge on any atom is 0.227 e. The molecule has 0 radical (unpaired) electrons. The summed E-state index contributed by atoms with van der Waals surface area (Å²) in [4.78, 5) is 12.7. The highest BCUT2D eigenvalue weighted by Crippen LogP contribution is 2.32. The maximum atomic E-state index is 12.7. The Balaban J connectivity index is 1.98. The second-order valence-corrected chi connectivity index (χ2v) is 6.24. The molecule has 0 aromatic carbocycles. The van der Waals surface area contributed by atoms with Crippen molar-refractivity contribution in [3.63, 3.8) is 0 Å². The fraction of sp³-hybridized carbons (Fsp3) is 0.933. The fourth-order valence-corrected chi connectivity index (χ4v) is 3.57. The van der Waals surface area contributed by atoms with Crippen LogP contribution in [0.4, 0.5) is 0 Å². The van der Waals surface area contributed by atoms with E-state index in [9.17, 15) is 9.90 Å². The number of carbonyl (C=O) groups excluding carboxylic acids is 1. The largest absolute Gasteiger partial charge is 0.391 e. The van der Waals surface area contributed by atoms with Gasteiger partial charge in [0.15, 0.2) is 0 Å². The van der Waals surface area contributed by atoms with Crippen LogP contribution in [0, 0.1) is 5.41 Å². The molecule has 1 amide bonds. The highest BCUT2D eigenvalue weighted by molar-refractivity contribution is 5.83. The number of hydrogen-bond donors (Lipinski definition) is 3. The number of rotatable bonds is 4. The van der Waals surface area contributed by atoms with Gasteiger partial charge in [0.25, 0.3) is 0 Å². The summed E-state index contributed by atoms with van der Waals surface area (Å²) >= 11 is 0. The normalized spacial score (nSPS) is 35.9. The fourth-order valence-electron chi connectivity index (χ4n) is 3.57. The van der Waals surface area contributed by atoms with E-state index in [0.29, 0.717) is 0 Å². The Labute approximate surface area is 116 Å². The zero-order valence-electron chi connectivity index (χ0n) is 12.1. The van der Waals surface area contributed by atoms with E-state index in [1.165, 1.54) is 0 Å². The molecule has 1 aliphatic heterocycles. The van der Waals surface area contributed by atoms with E-state index >= 15 is 0 Å². The number of hydrogen-bond acceptors (Lipinski definition) is 3. The Bertz CT molecular complexity index is 295. The number of nitrogens with one attached hydrogen (secondary N) is 2. The van der Waals surface area contributed by atoms with Crippen LogP contribution in [0.15, 0.2) is 0 Å². The Kier molecular flexibility index (Phi) is 5.22. The van der Waals surface area contributed by atoms with Crippen molar-refractivity contribution in [3.8, 4) is 0 Å². The lowest BCUT2D eigenvalue weighted by atomic mass is 9.75. The van der Waals surface area contributed by atoms with Crippen LogP contribution in [0.25, 0.3) is 0 Å². The van der Waals surface area contributed by atoms with Crippen molar-refractivity contribution in [2.45, 2.75) is 70.4 Å². The minimum atomic E-state index is -0.354. The first-order chi connectivity index (χ1) is 9.18. The highest BCUT2D eigenvalue weighted by Gasteiger charge is 2.40. The smallest absolute Gasteiger partial charge is 0.227 e. The number of aliphatic hydroxyl groups excluding tert-OH is 1. The molecule has 0 bridgehead atoms. The van der Waals surface area contributed by atoms with Gasteiger partial charge in [0.05, 0.1) is 17.6 Å². The Morgan fingerprint density at radius 2 is 2.16 bits per heavy atom. The summed E-state index contributed by atoms with van der Waals surface area (Å²) in [6, 6.07) is -0.0306. The molecule has 4 nitrogen and oxygen atoms in total. The molecule has 110 valence electrons. The minimum absolute atomic E-state index is 0.0306. The summed E-state index contributed by atoms with van der Waals surface area (Å²) in [5, 5.41) is 16.5. The van der Waals surface area contributed by atoms with Crippen molar-refractivity contribution >= 4 is 5.91 Å². The molecule has 2 fully saturated rings. The molecular weight excluding hydrogens is 240 g/mol. The van der Waals surface area contributed by atoms with Crippen molar-refractivity contribution in [1.82, 2.24) is 10.6 Å². The Morgan fingerprint density at radius 3 is 2.79 bits per heavy atom. The van der Waals surface area contributed by atoms with Gasteiger partial charge in [-0.25, -0.2) is 0 Å². The minimum Gasteiger partial charge on any atom is -0.391 e. The first-order valence-corrected chi connectivity index (χ1v) is 7.88. The zero-order valence-corrected chi connectivity index (χ0v) is 12.1. The first-order valence-electron chi connectivity index (χ1n) is 7.88. The highest BCUT2D eigenvalue weighted by atomic mass is 16.3. The van der Waals surface area contributed by atoms with Crippen LogP contribution >= 0.6 is 0 Å². The van der Waals surface area contributed by atoms with Gasteiger partial charge in [-0.05, 0) is 38.6 Å². The third-order valence-corrected chi connectivity index (χ3v) is 4.73. The van der Waals surface area contributed by atoms with Gasteiger partial charge in [0.2, 0.25) is 5.91 Å². The van der Waals surface area contributed by atoms with E-state index in [-0.39, 0.29) is 23.5 Å². The molecule has 4 heteroatoms. The molecule has 3 atom stereocenters. The van der Waals surface area contributed by atoms with Crippen LogP contribution in [0.5, 0.6) is 0 Å². The predicted molar refractivity (Wildman–Crippen MR) is 75.9 cm³/mol. The SMILES string of the molecule is CCCC1(C(=O)N[C@@H]2CCCC[C@H]2O)CCCNC1. The van der Waals surface area contributed by atoms with Gasteiger partial charge in [-0.15, -0.1) is 0 Å². The average molecular weight is 268 g/mol. The topological polar surface area (TPSA) is 61.4 Å². The van der Waals surface area contributed by atoms with E-state index in [0.717, 1.165) is 64.5 Å². The molecule has 3 N–H and O–H groups in total. The lowest BCUT2D eigenvalue weighted by molar-refractivity contribution is -0.134. The molecule has 2 rings (SSSR count). The predicted octanol–water partition coefficient (Wildman–Crippen LogP) is 1.58. The van der Waals surface area contributed by atoms with Crippen molar-refractivity contribution < 1.29 is 9.90 Å². The van der Waals surface area contributed by atoms with Crippen molar-refractivity contribution in [2.24, 2.45) is 5.41 Å². The van der Waals surface area contributed by atoms with Gasteiger partial charge in [-0.1, -0.05) is 26.2 Å². The van der Waals surface area contributed by atoms with Gasteiger partial charge >= 0.3 is 0 Å². The second-order valence-electron chi connectivity index (χ2n) is 6.24. The van der Waals surface area contributed by atoms with Crippen molar-refractivity contribution in [1.29, 1.82) is 0 Å². The van der Waals surface area contributed by atoms with E-state index in [2.05, 4.69) is 17.6 Å². The molecule has 0 aromatic heterocycles. The van der Waals surface area contributed by atoms with Gasteiger partial charge in [-0.2, -0.15) is 0 Å². The lowest BCUT2D eigenvalue weighted by Crippen LogP contribution is -2.55. The summed E-state index contributed by atoms with van der Waals surface area (Å²) in [6.07, 6.45) is 7.59. The zero-order chi connectivity index (χ0) is 13.7. The van der Waals surface area contributed by atoms with E-state index in [1.807, 2.05) is 0 Å². The van der Waals surface area contributed by atoms with Crippen molar-refractivity contribution in [3.05, 3.63) is 0 Å². The van der Waals surface area contributed by atoms with Gasteiger partial charge in [-0.3, -0.25) is 4.79 Å². The summed E-state index contributed by atoms with van der Waals surface area (Å²) in [5.74, 6) is 0.160. The molecule has 1 heterocycles. The quantitative estimate of drug-likeness (QED) is 0.725. The van der Waals surface area contributed by atoms with Gasteiger partial charge < -0.3 is 15.7 Å². The Morgan fingerprint density at radius 1 is 1.37 bits per heavy atom. The third-order valence-electron chi connectivity index (χ3n) is 4.73. The molecule has 2 aliphatic rings. The van der Waals surface area contributed by atoms with E-state index in [4.69, 9.17) is 0 Å².